The van der Waals surface area contributed by atoms with Crippen LogP contribution in [0.3, 0.4) is 0 Å². The van der Waals surface area contributed by atoms with Gasteiger partial charge in [0.05, 0.1) is 22.1 Å². The largest absolute Gasteiger partial charge is 0.310 e. The Bertz CT molecular complexity index is 2770. The van der Waals surface area contributed by atoms with E-state index < -0.39 is 0 Å². The Morgan fingerprint density at radius 3 is 1.63 bits per heavy atom. The molecule has 10 rings (SSSR count). The van der Waals surface area contributed by atoms with Gasteiger partial charge in [0.1, 0.15) is 0 Å². The minimum atomic E-state index is 1.10. The summed E-state index contributed by atoms with van der Waals surface area (Å²) in [7, 11) is 0. The zero-order chi connectivity index (χ0) is 32.3. The van der Waals surface area contributed by atoms with Crippen molar-refractivity contribution in [1.29, 1.82) is 0 Å². The van der Waals surface area contributed by atoms with E-state index in [1.807, 2.05) is 0 Å². The summed E-state index contributed by atoms with van der Waals surface area (Å²) in [6, 6.07) is 67.8. The van der Waals surface area contributed by atoms with Crippen LogP contribution in [0.2, 0.25) is 0 Å². The molecule has 2 aromatic heterocycles. The fourth-order valence-corrected chi connectivity index (χ4v) is 7.75. The normalized spacial score (nSPS) is 11.7. The van der Waals surface area contributed by atoms with E-state index in [0.29, 0.717) is 0 Å². The molecule has 0 aliphatic carbocycles. The number of fused-ring (bicyclic) bond motifs is 8. The smallest absolute Gasteiger partial charge is 0.0562 e. The van der Waals surface area contributed by atoms with Crippen LogP contribution in [-0.4, -0.2) is 9.13 Å². The van der Waals surface area contributed by atoms with Gasteiger partial charge in [-0.2, -0.15) is 0 Å². The van der Waals surface area contributed by atoms with E-state index >= 15 is 0 Å². The first-order valence-electron chi connectivity index (χ1n) is 16.8. The Morgan fingerprint density at radius 2 is 0.878 bits per heavy atom. The lowest BCUT2D eigenvalue weighted by Gasteiger charge is -2.26. The number of nitrogens with zero attached hydrogens (tertiary/aromatic N) is 3. The van der Waals surface area contributed by atoms with Gasteiger partial charge >= 0.3 is 0 Å². The van der Waals surface area contributed by atoms with Crippen molar-refractivity contribution in [3.05, 3.63) is 188 Å². The van der Waals surface area contributed by atoms with Crippen molar-refractivity contribution < 1.29 is 0 Å². The minimum absolute atomic E-state index is 1.10. The first kappa shape index (κ1) is 27.5. The maximum atomic E-state index is 2.44. The lowest BCUT2D eigenvalue weighted by atomic mass is 10.0. The van der Waals surface area contributed by atoms with Crippen molar-refractivity contribution in [3.63, 3.8) is 0 Å². The second-order valence-electron chi connectivity index (χ2n) is 12.6. The van der Waals surface area contributed by atoms with Gasteiger partial charge < -0.3 is 14.0 Å². The summed E-state index contributed by atoms with van der Waals surface area (Å²) in [5.74, 6) is 0. The van der Waals surface area contributed by atoms with Gasteiger partial charge in [-0.25, -0.2) is 0 Å². The molecule has 0 amide bonds. The third-order valence-electron chi connectivity index (χ3n) is 9.84. The Hall–Kier alpha value is -6.58. The molecule has 0 fully saturated rings. The molecule has 0 saturated heterocycles. The molecular weight excluding hydrogens is 595 g/mol. The van der Waals surface area contributed by atoms with Crippen LogP contribution in [0.1, 0.15) is 0 Å². The van der Waals surface area contributed by atoms with E-state index in [-0.39, 0.29) is 0 Å². The number of aromatic nitrogens is 2. The van der Waals surface area contributed by atoms with Crippen LogP contribution < -0.4 is 4.90 Å². The van der Waals surface area contributed by atoms with Gasteiger partial charge in [0.25, 0.3) is 0 Å². The van der Waals surface area contributed by atoms with Gasteiger partial charge in [0.2, 0.25) is 0 Å². The zero-order valence-corrected chi connectivity index (χ0v) is 26.7. The van der Waals surface area contributed by atoms with Gasteiger partial charge in [0.15, 0.2) is 0 Å². The van der Waals surface area contributed by atoms with E-state index in [1.54, 1.807) is 0 Å². The monoisotopic (exact) mass is 625 g/mol. The fraction of sp³-hybridized carbons (Fsp3) is 0. The number of anilines is 3. The molecule has 49 heavy (non-hydrogen) atoms. The molecule has 0 atom stereocenters. The summed E-state index contributed by atoms with van der Waals surface area (Å²) in [6.07, 6.45) is 0. The standard InChI is InChI=1S/C46H31N3/c1-4-16-33(17-5-1)47(34-18-6-2-7-19-34)36-22-14-23-37(29-36)49-42-26-13-12-25-39(42)40-30-41-45(31-44(40)49)48(35-20-8-3-9-21-35)43-28-27-32-15-10-11-24-38(32)46(41)43/h1-31H. The van der Waals surface area contributed by atoms with Gasteiger partial charge in [0, 0.05) is 50.0 Å². The highest BCUT2D eigenvalue weighted by molar-refractivity contribution is 6.25. The first-order valence-corrected chi connectivity index (χ1v) is 16.8. The van der Waals surface area contributed by atoms with Gasteiger partial charge in [-0.05, 0) is 89.6 Å². The van der Waals surface area contributed by atoms with Crippen LogP contribution in [0.5, 0.6) is 0 Å². The number of hydrogen-bond donors (Lipinski definition) is 0. The van der Waals surface area contributed by atoms with Crippen LogP contribution >= 0.6 is 0 Å². The van der Waals surface area contributed by atoms with Gasteiger partial charge in [-0.3, -0.25) is 0 Å². The number of para-hydroxylation sites is 4. The van der Waals surface area contributed by atoms with Crippen LogP contribution in [0.4, 0.5) is 17.1 Å². The van der Waals surface area contributed by atoms with Gasteiger partial charge in [-0.15, -0.1) is 0 Å². The highest BCUT2D eigenvalue weighted by atomic mass is 15.1. The molecule has 0 aliphatic heterocycles. The van der Waals surface area contributed by atoms with Crippen molar-refractivity contribution in [1.82, 2.24) is 9.13 Å². The van der Waals surface area contributed by atoms with E-state index in [0.717, 1.165) is 28.4 Å². The molecule has 0 saturated carbocycles. The van der Waals surface area contributed by atoms with Crippen LogP contribution in [0.25, 0.3) is 65.8 Å². The van der Waals surface area contributed by atoms with Crippen LogP contribution in [0, 0.1) is 0 Å². The zero-order valence-electron chi connectivity index (χ0n) is 26.7. The highest BCUT2D eigenvalue weighted by Gasteiger charge is 2.20. The lowest BCUT2D eigenvalue weighted by molar-refractivity contribution is 1.16. The fourth-order valence-electron chi connectivity index (χ4n) is 7.75. The molecule has 2 heterocycles. The Kier molecular flexibility index (Phi) is 6.18. The summed E-state index contributed by atoms with van der Waals surface area (Å²) >= 11 is 0. The first-order chi connectivity index (χ1) is 24.3. The van der Waals surface area contributed by atoms with Crippen molar-refractivity contribution in [2.45, 2.75) is 0 Å². The molecule has 8 aromatic carbocycles. The molecule has 0 bridgehead atoms. The summed E-state index contributed by atoms with van der Waals surface area (Å²) in [4.78, 5) is 2.33. The number of hydrogen-bond acceptors (Lipinski definition) is 1. The molecule has 3 heteroatoms. The maximum Gasteiger partial charge on any atom is 0.0562 e. The molecule has 0 N–H and O–H groups in total. The molecule has 10 aromatic rings. The maximum absolute atomic E-state index is 2.44. The molecule has 0 unspecified atom stereocenters. The molecule has 0 radical (unpaired) electrons. The Labute approximate surface area is 284 Å². The summed E-state index contributed by atoms with van der Waals surface area (Å²) in [5.41, 5.74) is 10.4. The second-order valence-corrected chi connectivity index (χ2v) is 12.6. The third kappa shape index (κ3) is 4.29. The molecule has 230 valence electrons. The van der Waals surface area contributed by atoms with E-state index in [1.165, 1.54) is 54.4 Å². The lowest BCUT2D eigenvalue weighted by Crippen LogP contribution is -2.10. The van der Waals surface area contributed by atoms with Crippen molar-refractivity contribution in [2.24, 2.45) is 0 Å². The average Bonchev–Trinajstić information content (AvgIpc) is 3.67. The van der Waals surface area contributed by atoms with E-state index in [2.05, 4.69) is 202 Å². The molecule has 3 nitrogen and oxygen atoms in total. The van der Waals surface area contributed by atoms with Gasteiger partial charge in [-0.1, -0.05) is 109 Å². The predicted octanol–water partition coefficient (Wildman–Crippen LogP) is 12.5. The summed E-state index contributed by atoms with van der Waals surface area (Å²) in [6.45, 7) is 0. The minimum Gasteiger partial charge on any atom is -0.310 e. The van der Waals surface area contributed by atoms with Crippen LogP contribution in [0.15, 0.2) is 188 Å². The Balaban J connectivity index is 1.29. The average molecular weight is 626 g/mol. The molecular formula is C46H31N3. The van der Waals surface area contributed by atoms with Crippen LogP contribution in [-0.2, 0) is 0 Å². The molecule has 0 aliphatic rings. The van der Waals surface area contributed by atoms with Crippen molar-refractivity contribution in [2.75, 3.05) is 4.90 Å². The second kappa shape index (κ2) is 11.0. The topological polar surface area (TPSA) is 13.1 Å². The number of benzene rings is 8. The molecule has 0 spiro atoms. The van der Waals surface area contributed by atoms with Crippen molar-refractivity contribution >= 4 is 71.4 Å². The summed E-state index contributed by atoms with van der Waals surface area (Å²) < 4.78 is 4.87. The van der Waals surface area contributed by atoms with Crippen molar-refractivity contribution in [3.8, 4) is 11.4 Å². The summed E-state index contributed by atoms with van der Waals surface area (Å²) in [5, 5.41) is 7.57. The van der Waals surface area contributed by atoms with E-state index in [4.69, 9.17) is 0 Å². The quantitative estimate of drug-likeness (QED) is 0.185. The van der Waals surface area contributed by atoms with E-state index in [9.17, 15) is 0 Å². The third-order valence-corrected chi connectivity index (χ3v) is 9.84. The predicted molar refractivity (Wildman–Crippen MR) is 207 cm³/mol. The SMILES string of the molecule is c1ccc(N(c2ccccc2)c2cccc(-n3c4ccccc4c4cc5c6c7ccccc7ccc6n(-c6ccccc6)c5cc43)c2)cc1. The highest BCUT2D eigenvalue weighted by Crippen LogP contribution is 2.42. The Morgan fingerprint density at radius 1 is 0.306 bits per heavy atom. The number of rotatable bonds is 5.